The van der Waals surface area contributed by atoms with Gasteiger partial charge in [-0.05, 0) is 56.8 Å². The average molecular weight is 318 g/mol. The SMILES string of the molecule is [B]CCC[C@H]1C[C@H](CN(C2CCC2)C2CCC2)C[C@@]1(N)C(=O)O. The lowest BCUT2D eigenvalue weighted by atomic mass is 9.83. The standard InChI is InChI=1S/C18H31BN2O2/c19-9-3-4-14-10-13(11-18(14,20)17(22)23)12-21(15-5-1-6-15)16-7-2-8-16/h13-16H,1-12,20H2,(H,22,23)/t13-,14-,18-/m0/s1. The topological polar surface area (TPSA) is 66.6 Å². The fraction of sp³-hybridized carbons (Fsp3) is 0.944. The molecule has 0 spiro atoms. The van der Waals surface area contributed by atoms with E-state index in [1.807, 2.05) is 0 Å². The fourth-order valence-corrected chi connectivity index (χ4v) is 4.81. The molecule has 23 heavy (non-hydrogen) atoms. The lowest BCUT2D eigenvalue weighted by molar-refractivity contribution is -0.145. The molecule has 0 unspecified atom stereocenters. The van der Waals surface area contributed by atoms with E-state index < -0.39 is 11.5 Å². The van der Waals surface area contributed by atoms with Crippen LogP contribution in [0.25, 0.3) is 0 Å². The third-order valence-electron chi connectivity index (χ3n) is 6.68. The van der Waals surface area contributed by atoms with E-state index in [2.05, 4.69) is 4.90 Å². The van der Waals surface area contributed by atoms with E-state index in [1.54, 1.807) is 0 Å². The van der Waals surface area contributed by atoms with Gasteiger partial charge in [-0.15, -0.1) is 0 Å². The zero-order valence-corrected chi connectivity index (χ0v) is 14.3. The quantitative estimate of drug-likeness (QED) is 0.675. The third-order valence-corrected chi connectivity index (χ3v) is 6.68. The molecule has 0 aliphatic heterocycles. The molecular weight excluding hydrogens is 287 g/mol. The Morgan fingerprint density at radius 1 is 1.22 bits per heavy atom. The minimum absolute atomic E-state index is 0.0816. The van der Waals surface area contributed by atoms with Crippen LogP contribution >= 0.6 is 0 Å². The van der Waals surface area contributed by atoms with Gasteiger partial charge in [0.05, 0.1) is 7.85 Å². The minimum Gasteiger partial charge on any atom is -0.480 e. The van der Waals surface area contributed by atoms with Crippen molar-refractivity contribution in [3.63, 3.8) is 0 Å². The summed E-state index contributed by atoms with van der Waals surface area (Å²) in [5.41, 5.74) is 5.30. The van der Waals surface area contributed by atoms with Gasteiger partial charge in [-0.25, -0.2) is 0 Å². The molecule has 3 rings (SSSR count). The second-order valence-corrected chi connectivity index (χ2v) is 8.15. The van der Waals surface area contributed by atoms with Crippen molar-refractivity contribution in [2.24, 2.45) is 17.6 Å². The van der Waals surface area contributed by atoms with Crippen molar-refractivity contribution in [3.8, 4) is 0 Å². The van der Waals surface area contributed by atoms with Crippen LogP contribution in [0.3, 0.4) is 0 Å². The van der Waals surface area contributed by atoms with Crippen molar-refractivity contribution < 1.29 is 9.90 Å². The first kappa shape index (κ1) is 17.3. The van der Waals surface area contributed by atoms with Gasteiger partial charge in [0.2, 0.25) is 0 Å². The molecule has 3 aliphatic rings. The molecule has 3 saturated carbocycles. The van der Waals surface area contributed by atoms with Crippen LogP contribution in [0.1, 0.15) is 64.2 Å². The summed E-state index contributed by atoms with van der Waals surface area (Å²) in [5.74, 6) is -0.306. The van der Waals surface area contributed by atoms with Crippen LogP contribution in [0.2, 0.25) is 6.32 Å². The van der Waals surface area contributed by atoms with Crippen LogP contribution in [0.15, 0.2) is 0 Å². The number of carboxylic acids is 1. The van der Waals surface area contributed by atoms with Crippen LogP contribution in [-0.2, 0) is 4.79 Å². The van der Waals surface area contributed by atoms with Gasteiger partial charge in [-0.2, -0.15) is 0 Å². The first-order valence-corrected chi connectivity index (χ1v) is 9.52. The molecule has 3 atom stereocenters. The monoisotopic (exact) mass is 318 g/mol. The summed E-state index contributed by atoms with van der Waals surface area (Å²) in [4.78, 5) is 14.5. The minimum atomic E-state index is -1.04. The number of carbonyl (C=O) groups is 1. The number of nitrogens with two attached hydrogens (primary N) is 1. The summed E-state index contributed by atoms with van der Waals surface area (Å²) in [6, 6.07) is 1.50. The number of carboxylic acid groups (broad SMARTS) is 1. The molecule has 5 heteroatoms. The molecule has 0 aromatic rings. The second kappa shape index (κ2) is 7.14. The zero-order chi connectivity index (χ0) is 16.4. The van der Waals surface area contributed by atoms with Crippen LogP contribution < -0.4 is 5.73 Å². The largest absolute Gasteiger partial charge is 0.480 e. The van der Waals surface area contributed by atoms with Gasteiger partial charge in [-0.1, -0.05) is 25.6 Å². The van der Waals surface area contributed by atoms with Crippen molar-refractivity contribution >= 4 is 13.8 Å². The Kier molecular flexibility index (Phi) is 5.37. The Bertz CT molecular complexity index is 411. The molecular formula is C18H31BN2O2. The van der Waals surface area contributed by atoms with Crippen molar-refractivity contribution in [1.82, 2.24) is 4.90 Å². The normalized spacial score (nSPS) is 35.2. The van der Waals surface area contributed by atoms with Gasteiger partial charge >= 0.3 is 5.97 Å². The van der Waals surface area contributed by atoms with Gasteiger partial charge in [-0.3, -0.25) is 9.69 Å². The van der Waals surface area contributed by atoms with E-state index >= 15 is 0 Å². The Hall–Kier alpha value is -0.545. The number of aliphatic carboxylic acids is 1. The Morgan fingerprint density at radius 2 is 1.83 bits per heavy atom. The molecule has 2 radical (unpaired) electrons. The molecule has 0 aromatic carbocycles. The van der Waals surface area contributed by atoms with Gasteiger partial charge in [0.1, 0.15) is 5.54 Å². The van der Waals surface area contributed by atoms with Crippen molar-refractivity contribution in [3.05, 3.63) is 0 Å². The molecule has 128 valence electrons. The van der Waals surface area contributed by atoms with E-state index in [1.165, 1.54) is 38.5 Å². The molecule has 0 amide bonds. The van der Waals surface area contributed by atoms with Crippen molar-refractivity contribution in [1.29, 1.82) is 0 Å². The number of rotatable bonds is 8. The second-order valence-electron chi connectivity index (χ2n) is 8.15. The van der Waals surface area contributed by atoms with Gasteiger partial charge in [0.25, 0.3) is 0 Å². The van der Waals surface area contributed by atoms with Crippen LogP contribution in [-0.4, -0.2) is 48.0 Å². The van der Waals surface area contributed by atoms with E-state index in [-0.39, 0.29) is 5.92 Å². The Labute approximate surface area is 141 Å². The van der Waals surface area contributed by atoms with E-state index in [0.717, 1.165) is 37.9 Å². The van der Waals surface area contributed by atoms with Crippen LogP contribution in [0.4, 0.5) is 0 Å². The highest BCUT2D eigenvalue weighted by Crippen LogP contribution is 2.43. The average Bonchev–Trinajstić information content (AvgIpc) is 2.70. The molecule has 3 fully saturated rings. The van der Waals surface area contributed by atoms with Gasteiger partial charge in [0, 0.05) is 18.6 Å². The van der Waals surface area contributed by atoms with Gasteiger partial charge in [0.15, 0.2) is 0 Å². The van der Waals surface area contributed by atoms with E-state index in [9.17, 15) is 9.90 Å². The molecule has 4 nitrogen and oxygen atoms in total. The van der Waals surface area contributed by atoms with Crippen molar-refractivity contribution in [2.45, 2.75) is 88.2 Å². The Balaban J connectivity index is 1.63. The third kappa shape index (κ3) is 3.46. The molecule has 0 aromatic heterocycles. The number of hydrogen-bond acceptors (Lipinski definition) is 3. The maximum Gasteiger partial charge on any atom is 0.323 e. The predicted molar refractivity (Wildman–Crippen MR) is 92.5 cm³/mol. The lowest BCUT2D eigenvalue weighted by Crippen LogP contribution is -2.52. The molecule has 3 aliphatic carbocycles. The summed E-state index contributed by atoms with van der Waals surface area (Å²) >= 11 is 0. The summed E-state index contributed by atoms with van der Waals surface area (Å²) in [5, 5.41) is 9.66. The lowest BCUT2D eigenvalue weighted by Gasteiger charge is -2.47. The summed E-state index contributed by atoms with van der Waals surface area (Å²) in [7, 11) is 5.62. The Morgan fingerprint density at radius 3 is 2.26 bits per heavy atom. The number of nitrogens with zero attached hydrogens (tertiary/aromatic N) is 1. The first-order valence-electron chi connectivity index (χ1n) is 9.52. The highest BCUT2D eigenvalue weighted by molar-refractivity contribution is 6.08. The van der Waals surface area contributed by atoms with Gasteiger partial charge < -0.3 is 10.8 Å². The first-order chi connectivity index (χ1) is 11.0. The molecule has 0 bridgehead atoms. The maximum atomic E-state index is 11.8. The number of hydrogen-bond donors (Lipinski definition) is 2. The van der Waals surface area contributed by atoms with Crippen LogP contribution in [0.5, 0.6) is 0 Å². The van der Waals surface area contributed by atoms with E-state index in [0.29, 0.717) is 18.7 Å². The summed E-state index contributed by atoms with van der Waals surface area (Å²) < 4.78 is 0. The highest BCUT2D eigenvalue weighted by atomic mass is 16.4. The summed E-state index contributed by atoms with van der Waals surface area (Å²) in [6.45, 7) is 1.06. The molecule has 0 saturated heterocycles. The maximum absolute atomic E-state index is 11.8. The smallest absolute Gasteiger partial charge is 0.323 e. The van der Waals surface area contributed by atoms with Crippen molar-refractivity contribution in [2.75, 3.05) is 6.54 Å². The molecule has 3 N–H and O–H groups in total. The highest BCUT2D eigenvalue weighted by Gasteiger charge is 2.50. The van der Waals surface area contributed by atoms with Crippen LogP contribution in [0, 0.1) is 11.8 Å². The molecule has 0 heterocycles. The fourth-order valence-electron chi connectivity index (χ4n) is 4.81. The predicted octanol–water partition coefficient (Wildman–Crippen LogP) is 2.57. The summed E-state index contributed by atoms with van der Waals surface area (Å²) in [6.07, 6.45) is 11.9. The van der Waals surface area contributed by atoms with E-state index in [4.69, 9.17) is 13.6 Å². The zero-order valence-electron chi connectivity index (χ0n) is 14.3.